The van der Waals surface area contributed by atoms with Gasteiger partial charge in [-0.2, -0.15) is 0 Å². The fourth-order valence-electron chi connectivity index (χ4n) is 3.82. The summed E-state index contributed by atoms with van der Waals surface area (Å²) < 4.78 is 10.9. The van der Waals surface area contributed by atoms with Crippen molar-refractivity contribution in [1.29, 1.82) is 0 Å². The van der Waals surface area contributed by atoms with E-state index >= 15 is 0 Å². The zero-order valence-corrected chi connectivity index (χ0v) is 19.5. The van der Waals surface area contributed by atoms with E-state index in [-0.39, 0.29) is 12.4 Å². The van der Waals surface area contributed by atoms with Crippen molar-refractivity contribution >= 4 is 39.6 Å². The quantitative estimate of drug-likeness (QED) is 0.384. The molecule has 0 atom stereocenters. The number of benzene rings is 2. The lowest BCUT2D eigenvalue weighted by atomic mass is 10.1. The maximum absolute atomic E-state index is 12.9. The molecule has 33 heavy (non-hydrogen) atoms. The molecule has 5 rings (SSSR count). The van der Waals surface area contributed by atoms with Gasteiger partial charge >= 0.3 is 0 Å². The van der Waals surface area contributed by atoms with Gasteiger partial charge in [0.1, 0.15) is 0 Å². The van der Waals surface area contributed by atoms with Crippen LogP contribution in [0.4, 0.5) is 0 Å². The third-order valence-electron chi connectivity index (χ3n) is 5.52. The summed E-state index contributed by atoms with van der Waals surface area (Å²) in [5.41, 5.74) is 2.48. The van der Waals surface area contributed by atoms with E-state index in [1.54, 1.807) is 11.3 Å². The molecule has 6 nitrogen and oxygen atoms in total. The molecule has 1 aliphatic heterocycles. The van der Waals surface area contributed by atoms with Crippen LogP contribution in [0.1, 0.15) is 16.0 Å². The predicted octanol–water partition coefficient (Wildman–Crippen LogP) is 4.44. The first kappa shape index (κ1) is 21.5. The van der Waals surface area contributed by atoms with Crippen LogP contribution in [0.3, 0.4) is 0 Å². The largest absolute Gasteiger partial charge is 0.454 e. The Labute approximate surface area is 200 Å². The van der Waals surface area contributed by atoms with E-state index < -0.39 is 0 Å². The van der Waals surface area contributed by atoms with E-state index in [1.165, 1.54) is 10.4 Å². The molecule has 0 amide bonds. The lowest BCUT2D eigenvalue weighted by Gasteiger charge is -2.25. The maximum atomic E-state index is 12.9. The van der Waals surface area contributed by atoms with Gasteiger partial charge in [-0.15, -0.1) is 11.3 Å². The second-order valence-electron chi connectivity index (χ2n) is 7.82. The van der Waals surface area contributed by atoms with Crippen LogP contribution in [-0.2, 0) is 19.5 Å². The lowest BCUT2D eigenvalue weighted by Crippen LogP contribution is -2.40. The summed E-state index contributed by atoms with van der Waals surface area (Å²) >= 11 is 7.41. The zero-order chi connectivity index (χ0) is 22.6. The Bertz CT molecular complexity index is 1320. The van der Waals surface area contributed by atoms with E-state index in [0.717, 1.165) is 23.9 Å². The standard InChI is InChI=1S/C25H23N3O3S2/c29-24-19(11-18-12-22-23(31-16-30-22)13-21(18)27-24)14-28(15-20-7-4-10-33-20)25(32)26-9-8-17-5-2-1-3-6-17/h1-7,10-13H,8-9,14-16H2,(H,26,32)(H,27,29). The first-order chi connectivity index (χ1) is 16.2. The van der Waals surface area contributed by atoms with Gasteiger partial charge in [-0.3, -0.25) is 4.79 Å². The van der Waals surface area contributed by atoms with Crippen molar-refractivity contribution in [2.75, 3.05) is 13.3 Å². The molecule has 2 aromatic carbocycles. The van der Waals surface area contributed by atoms with Crippen LogP contribution in [0.15, 0.2) is 70.8 Å². The molecule has 0 aliphatic carbocycles. The fraction of sp³-hybridized carbons (Fsp3) is 0.200. The molecular weight excluding hydrogens is 454 g/mol. The molecule has 0 radical (unpaired) electrons. The van der Waals surface area contributed by atoms with Crippen LogP contribution in [-0.4, -0.2) is 28.3 Å². The number of rotatable bonds is 7. The summed E-state index contributed by atoms with van der Waals surface area (Å²) in [4.78, 5) is 19.1. The van der Waals surface area contributed by atoms with Crippen molar-refractivity contribution in [2.45, 2.75) is 19.5 Å². The Morgan fingerprint density at radius 1 is 1.06 bits per heavy atom. The highest BCUT2D eigenvalue weighted by Gasteiger charge is 2.18. The average molecular weight is 478 g/mol. The fourth-order valence-corrected chi connectivity index (χ4v) is 4.78. The SMILES string of the molecule is O=c1[nH]c2cc3c(cc2cc1CN(Cc1cccs1)C(=S)NCCc1ccccc1)OCO3. The van der Waals surface area contributed by atoms with Crippen LogP contribution >= 0.6 is 23.6 Å². The van der Waals surface area contributed by atoms with Gasteiger partial charge in [0.15, 0.2) is 16.6 Å². The third-order valence-corrected chi connectivity index (χ3v) is 6.79. The highest BCUT2D eigenvalue weighted by atomic mass is 32.1. The second kappa shape index (κ2) is 9.64. The number of H-pyrrole nitrogens is 1. The lowest BCUT2D eigenvalue weighted by molar-refractivity contribution is 0.174. The molecule has 2 aromatic heterocycles. The van der Waals surface area contributed by atoms with Crippen LogP contribution in [0.5, 0.6) is 11.5 Å². The number of aromatic nitrogens is 1. The van der Waals surface area contributed by atoms with E-state index in [2.05, 4.69) is 28.5 Å². The first-order valence-corrected chi connectivity index (χ1v) is 12.0. The smallest absolute Gasteiger partial charge is 0.253 e. The van der Waals surface area contributed by atoms with Crippen molar-refractivity contribution in [2.24, 2.45) is 0 Å². The molecule has 0 fully saturated rings. The molecule has 0 bridgehead atoms. The number of pyridine rings is 1. The molecule has 2 N–H and O–H groups in total. The van der Waals surface area contributed by atoms with E-state index in [1.807, 2.05) is 52.7 Å². The highest BCUT2D eigenvalue weighted by Crippen LogP contribution is 2.35. The molecule has 3 heterocycles. The van der Waals surface area contributed by atoms with Gasteiger partial charge in [0, 0.05) is 28.4 Å². The number of hydrogen-bond donors (Lipinski definition) is 2. The maximum Gasteiger partial charge on any atom is 0.253 e. The number of aromatic amines is 1. The Kier molecular flexibility index (Phi) is 6.28. The van der Waals surface area contributed by atoms with Gasteiger partial charge in [0.2, 0.25) is 6.79 Å². The van der Waals surface area contributed by atoms with Gasteiger partial charge < -0.3 is 24.7 Å². The van der Waals surface area contributed by atoms with E-state index in [0.29, 0.717) is 35.3 Å². The average Bonchev–Trinajstić information content (AvgIpc) is 3.50. The summed E-state index contributed by atoms with van der Waals surface area (Å²) in [6, 6.07) is 20.0. The molecule has 168 valence electrons. The summed E-state index contributed by atoms with van der Waals surface area (Å²) in [6.07, 6.45) is 0.873. The summed E-state index contributed by atoms with van der Waals surface area (Å²) in [6.45, 7) is 1.95. The van der Waals surface area contributed by atoms with Crippen molar-refractivity contribution in [3.63, 3.8) is 0 Å². The van der Waals surface area contributed by atoms with Gasteiger partial charge in [-0.1, -0.05) is 36.4 Å². The predicted molar refractivity (Wildman–Crippen MR) is 135 cm³/mol. The second-order valence-corrected chi connectivity index (χ2v) is 9.24. The van der Waals surface area contributed by atoms with E-state index in [4.69, 9.17) is 21.7 Å². The van der Waals surface area contributed by atoms with Gasteiger partial charge in [-0.05, 0) is 47.8 Å². The van der Waals surface area contributed by atoms with Crippen LogP contribution in [0.2, 0.25) is 0 Å². The van der Waals surface area contributed by atoms with Crippen molar-refractivity contribution in [3.05, 3.63) is 92.4 Å². The van der Waals surface area contributed by atoms with Crippen LogP contribution in [0.25, 0.3) is 10.9 Å². The summed E-state index contributed by atoms with van der Waals surface area (Å²) in [5, 5.41) is 6.94. The minimum absolute atomic E-state index is 0.135. The number of thiophene rings is 1. The number of nitrogens with one attached hydrogen (secondary N) is 2. The van der Waals surface area contributed by atoms with Crippen LogP contribution in [0, 0.1) is 0 Å². The normalized spacial score (nSPS) is 12.1. The number of nitrogens with zero attached hydrogens (tertiary/aromatic N) is 1. The number of hydrogen-bond acceptors (Lipinski definition) is 5. The van der Waals surface area contributed by atoms with Gasteiger partial charge in [-0.25, -0.2) is 0 Å². The Hall–Kier alpha value is -3.36. The highest BCUT2D eigenvalue weighted by molar-refractivity contribution is 7.80. The molecule has 0 saturated carbocycles. The minimum atomic E-state index is -0.135. The minimum Gasteiger partial charge on any atom is -0.454 e. The number of thiocarbonyl (C=S) groups is 1. The zero-order valence-electron chi connectivity index (χ0n) is 17.9. The number of fused-ring (bicyclic) bond motifs is 2. The molecule has 1 aliphatic rings. The van der Waals surface area contributed by atoms with Gasteiger partial charge in [0.25, 0.3) is 5.56 Å². The topological polar surface area (TPSA) is 66.6 Å². The Morgan fingerprint density at radius 2 is 1.88 bits per heavy atom. The first-order valence-electron chi connectivity index (χ1n) is 10.7. The molecule has 0 unspecified atom stereocenters. The van der Waals surface area contributed by atoms with Crippen LogP contribution < -0.4 is 20.3 Å². The third kappa shape index (κ3) is 5.02. The number of ether oxygens (including phenoxy) is 2. The van der Waals surface area contributed by atoms with Gasteiger partial charge in [0.05, 0.1) is 18.6 Å². The molecule has 0 spiro atoms. The Morgan fingerprint density at radius 3 is 2.67 bits per heavy atom. The van der Waals surface area contributed by atoms with Crippen molar-refractivity contribution in [1.82, 2.24) is 15.2 Å². The molecule has 4 aromatic rings. The van der Waals surface area contributed by atoms with Crippen molar-refractivity contribution in [3.8, 4) is 11.5 Å². The Balaban J connectivity index is 1.35. The molecule has 0 saturated heterocycles. The monoisotopic (exact) mass is 477 g/mol. The van der Waals surface area contributed by atoms with E-state index in [9.17, 15) is 4.79 Å². The summed E-state index contributed by atoms with van der Waals surface area (Å²) in [5.74, 6) is 1.34. The van der Waals surface area contributed by atoms with Crippen molar-refractivity contribution < 1.29 is 9.47 Å². The molecule has 8 heteroatoms. The molecular formula is C25H23N3O3S2. The summed E-state index contributed by atoms with van der Waals surface area (Å²) in [7, 11) is 0.